The Labute approximate surface area is 97.3 Å². The van der Waals surface area contributed by atoms with E-state index in [4.69, 9.17) is 0 Å². The average Bonchev–Trinajstić information content (AvgIpc) is 2.32. The zero-order valence-electron chi connectivity index (χ0n) is 10.4. The van der Waals surface area contributed by atoms with Crippen LogP contribution in [0.2, 0.25) is 0 Å². The van der Waals surface area contributed by atoms with Gasteiger partial charge in [0.15, 0.2) is 0 Å². The van der Waals surface area contributed by atoms with E-state index >= 15 is 0 Å². The topological polar surface area (TPSA) is 24.9 Å². The third-order valence-electron chi connectivity index (χ3n) is 3.46. The van der Waals surface area contributed by atoms with Crippen LogP contribution in [0.5, 0.6) is 0 Å². The lowest BCUT2D eigenvalue weighted by Gasteiger charge is -2.32. The number of nitrogens with one attached hydrogen (secondary N) is 1. The molecule has 0 radical (unpaired) electrons. The van der Waals surface area contributed by atoms with Crippen LogP contribution in [0.3, 0.4) is 0 Å². The molecule has 0 bridgehead atoms. The van der Waals surface area contributed by atoms with E-state index in [-0.39, 0.29) is 11.4 Å². The Bertz CT molecular complexity index is 313. The van der Waals surface area contributed by atoms with Gasteiger partial charge in [-0.3, -0.25) is 4.98 Å². The molecule has 0 aliphatic carbocycles. The highest BCUT2D eigenvalue weighted by Gasteiger charge is 2.22. The lowest BCUT2D eigenvalue weighted by Crippen LogP contribution is -2.43. The summed E-state index contributed by atoms with van der Waals surface area (Å²) in [6.07, 6.45) is 6.20. The number of rotatable bonds is 6. The Hall–Kier alpha value is -0.960. The van der Waals surface area contributed by atoms with Gasteiger partial charge in [0.25, 0.3) is 0 Å². The molecule has 1 heterocycles. The molecular weight excluding hydrogens is 203 g/mol. The van der Waals surface area contributed by atoms with Crippen LogP contribution < -0.4 is 5.32 Å². The summed E-state index contributed by atoms with van der Waals surface area (Å²) in [5, 5.41) is 3.52. The van der Waals surface area contributed by atoms with Crippen molar-refractivity contribution in [3.8, 4) is 0 Å². The first-order chi connectivity index (χ1) is 7.65. The molecule has 2 nitrogen and oxygen atoms in total. The van der Waals surface area contributed by atoms with Crippen molar-refractivity contribution in [2.75, 3.05) is 0 Å². The van der Waals surface area contributed by atoms with E-state index in [0.717, 1.165) is 24.8 Å². The van der Waals surface area contributed by atoms with Crippen LogP contribution in [0.1, 0.15) is 45.6 Å². The van der Waals surface area contributed by atoms with Crippen LogP contribution >= 0.6 is 0 Å². The smallest absolute Gasteiger partial charge is 0.141 e. The zero-order chi connectivity index (χ0) is 12.0. The molecule has 0 saturated heterocycles. The summed E-state index contributed by atoms with van der Waals surface area (Å²) < 4.78 is 12.9. The molecule has 0 aliphatic rings. The molecular formula is C13H21FN2. The number of aromatic nitrogens is 1. The Kier molecular flexibility index (Phi) is 4.87. The quantitative estimate of drug-likeness (QED) is 0.802. The second kappa shape index (κ2) is 5.94. The molecule has 0 aliphatic heterocycles. The van der Waals surface area contributed by atoms with Crippen LogP contribution in [-0.4, -0.2) is 10.5 Å². The van der Waals surface area contributed by atoms with Crippen LogP contribution in [0, 0.1) is 5.82 Å². The number of nitrogens with zero attached hydrogens (tertiary/aromatic N) is 1. The Balaban J connectivity index is 2.62. The van der Waals surface area contributed by atoms with Gasteiger partial charge >= 0.3 is 0 Å². The second-order valence-electron chi connectivity index (χ2n) is 4.21. The van der Waals surface area contributed by atoms with Crippen LogP contribution in [0.4, 0.5) is 4.39 Å². The third-order valence-corrected chi connectivity index (χ3v) is 3.46. The summed E-state index contributed by atoms with van der Waals surface area (Å²) in [6.45, 7) is 7.23. The predicted molar refractivity (Wildman–Crippen MR) is 64.6 cm³/mol. The SMILES string of the molecule is CCC(CC)(CC)NCc1cncc(F)c1. The largest absolute Gasteiger partial charge is 0.307 e. The van der Waals surface area contributed by atoms with Crippen molar-refractivity contribution < 1.29 is 4.39 Å². The molecule has 0 amide bonds. The minimum atomic E-state index is -0.269. The normalized spacial score (nSPS) is 11.8. The van der Waals surface area contributed by atoms with E-state index in [9.17, 15) is 4.39 Å². The van der Waals surface area contributed by atoms with Crippen molar-refractivity contribution >= 4 is 0 Å². The predicted octanol–water partition coefficient (Wildman–Crippen LogP) is 3.28. The molecule has 1 rings (SSSR count). The summed E-state index contributed by atoms with van der Waals surface area (Å²) in [5.41, 5.74) is 1.08. The minimum absolute atomic E-state index is 0.173. The molecule has 3 heteroatoms. The van der Waals surface area contributed by atoms with E-state index < -0.39 is 0 Å². The first kappa shape index (κ1) is 13.1. The van der Waals surface area contributed by atoms with Gasteiger partial charge in [0.2, 0.25) is 0 Å². The maximum atomic E-state index is 12.9. The summed E-state index contributed by atoms with van der Waals surface area (Å²) in [4.78, 5) is 3.85. The van der Waals surface area contributed by atoms with Crippen LogP contribution in [0.15, 0.2) is 18.5 Å². The maximum Gasteiger partial charge on any atom is 0.141 e. The molecule has 0 saturated carbocycles. The van der Waals surface area contributed by atoms with Gasteiger partial charge in [-0.15, -0.1) is 0 Å². The van der Waals surface area contributed by atoms with Crippen molar-refractivity contribution in [1.29, 1.82) is 0 Å². The molecule has 0 unspecified atom stereocenters. The monoisotopic (exact) mass is 224 g/mol. The van der Waals surface area contributed by atoms with Crippen molar-refractivity contribution in [3.63, 3.8) is 0 Å². The van der Waals surface area contributed by atoms with Gasteiger partial charge in [0.1, 0.15) is 5.82 Å². The minimum Gasteiger partial charge on any atom is -0.307 e. The first-order valence-corrected chi connectivity index (χ1v) is 6.00. The van der Waals surface area contributed by atoms with Crippen molar-refractivity contribution in [2.45, 2.75) is 52.1 Å². The van der Waals surface area contributed by atoms with E-state index in [1.54, 1.807) is 6.20 Å². The summed E-state index contributed by atoms with van der Waals surface area (Å²) in [5.74, 6) is -0.269. The highest BCUT2D eigenvalue weighted by Crippen LogP contribution is 2.19. The van der Waals surface area contributed by atoms with Gasteiger partial charge in [-0.05, 0) is 30.9 Å². The van der Waals surface area contributed by atoms with Gasteiger partial charge in [-0.25, -0.2) is 4.39 Å². The number of hydrogen-bond donors (Lipinski definition) is 1. The van der Waals surface area contributed by atoms with Gasteiger partial charge in [0, 0.05) is 18.3 Å². The number of halogens is 1. The maximum absolute atomic E-state index is 12.9. The van der Waals surface area contributed by atoms with Crippen molar-refractivity contribution in [1.82, 2.24) is 10.3 Å². The fourth-order valence-electron chi connectivity index (χ4n) is 1.97. The molecule has 0 fully saturated rings. The molecule has 0 spiro atoms. The summed E-state index contributed by atoms with van der Waals surface area (Å²) >= 11 is 0. The average molecular weight is 224 g/mol. The lowest BCUT2D eigenvalue weighted by atomic mass is 9.89. The summed E-state index contributed by atoms with van der Waals surface area (Å²) in [7, 11) is 0. The molecule has 1 N–H and O–H groups in total. The van der Waals surface area contributed by atoms with Crippen LogP contribution in [-0.2, 0) is 6.54 Å². The Morgan fingerprint density at radius 2 is 1.81 bits per heavy atom. The van der Waals surface area contributed by atoms with E-state index in [1.807, 2.05) is 0 Å². The number of pyridine rings is 1. The molecule has 90 valence electrons. The fourth-order valence-corrected chi connectivity index (χ4v) is 1.97. The Morgan fingerprint density at radius 3 is 2.31 bits per heavy atom. The molecule has 0 aromatic carbocycles. The molecule has 1 aromatic rings. The fraction of sp³-hybridized carbons (Fsp3) is 0.615. The van der Waals surface area contributed by atoms with Crippen molar-refractivity contribution in [2.24, 2.45) is 0 Å². The lowest BCUT2D eigenvalue weighted by molar-refractivity contribution is 0.288. The van der Waals surface area contributed by atoms with E-state index in [0.29, 0.717) is 6.54 Å². The molecule has 0 atom stereocenters. The van der Waals surface area contributed by atoms with Crippen LogP contribution in [0.25, 0.3) is 0 Å². The van der Waals surface area contributed by atoms with Crippen molar-refractivity contribution in [3.05, 3.63) is 29.8 Å². The standard InChI is InChI=1S/C13H21FN2/c1-4-13(5-2,6-3)16-9-11-7-12(14)10-15-8-11/h7-8,10,16H,4-6,9H2,1-3H3. The second-order valence-corrected chi connectivity index (χ2v) is 4.21. The third kappa shape index (κ3) is 3.27. The van der Waals surface area contributed by atoms with Gasteiger partial charge in [-0.2, -0.15) is 0 Å². The highest BCUT2D eigenvalue weighted by atomic mass is 19.1. The van der Waals surface area contributed by atoms with E-state index in [1.165, 1.54) is 12.3 Å². The highest BCUT2D eigenvalue weighted by molar-refractivity contribution is 5.10. The summed E-state index contributed by atoms with van der Waals surface area (Å²) in [6, 6.07) is 1.53. The van der Waals surface area contributed by atoms with E-state index in [2.05, 4.69) is 31.1 Å². The first-order valence-electron chi connectivity index (χ1n) is 6.00. The zero-order valence-corrected chi connectivity index (χ0v) is 10.4. The van der Waals surface area contributed by atoms with Gasteiger partial charge < -0.3 is 5.32 Å². The van der Waals surface area contributed by atoms with Gasteiger partial charge in [-0.1, -0.05) is 20.8 Å². The number of hydrogen-bond acceptors (Lipinski definition) is 2. The van der Waals surface area contributed by atoms with Gasteiger partial charge in [0.05, 0.1) is 6.20 Å². The molecule has 16 heavy (non-hydrogen) atoms. The Morgan fingerprint density at radius 1 is 1.19 bits per heavy atom. The molecule has 1 aromatic heterocycles.